The van der Waals surface area contributed by atoms with Crippen molar-refractivity contribution in [2.24, 2.45) is 11.3 Å². The van der Waals surface area contributed by atoms with E-state index >= 15 is 0 Å². The highest BCUT2D eigenvalue weighted by atomic mass is 16.5. The second-order valence-electron chi connectivity index (χ2n) is 5.50. The topological polar surface area (TPSA) is 63.6 Å². The van der Waals surface area contributed by atoms with Crippen molar-refractivity contribution in [2.45, 2.75) is 45.1 Å². The molecule has 17 heavy (non-hydrogen) atoms. The van der Waals surface area contributed by atoms with Crippen molar-refractivity contribution in [3.63, 3.8) is 0 Å². The van der Waals surface area contributed by atoms with Gasteiger partial charge in [0.25, 0.3) is 0 Å². The van der Waals surface area contributed by atoms with Gasteiger partial charge in [0.15, 0.2) is 0 Å². The Morgan fingerprint density at radius 3 is 2.76 bits per heavy atom. The fourth-order valence-electron chi connectivity index (χ4n) is 3.28. The Morgan fingerprint density at radius 2 is 2.18 bits per heavy atom. The quantitative estimate of drug-likeness (QED) is 0.602. The van der Waals surface area contributed by atoms with E-state index in [1.807, 2.05) is 0 Å². The van der Waals surface area contributed by atoms with Crippen LogP contribution in [0.3, 0.4) is 0 Å². The Balaban J connectivity index is 1.99. The minimum absolute atomic E-state index is 0.104. The van der Waals surface area contributed by atoms with Crippen LogP contribution in [0.2, 0.25) is 0 Å². The Hall–Kier alpha value is -1.32. The molecule has 2 saturated carbocycles. The molecule has 0 aromatic carbocycles. The van der Waals surface area contributed by atoms with Crippen LogP contribution >= 0.6 is 0 Å². The van der Waals surface area contributed by atoms with Gasteiger partial charge in [-0.3, -0.25) is 4.79 Å². The average molecular weight is 238 g/mol. The van der Waals surface area contributed by atoms with Crippen molar-refractivity contribution in [1.29, 1.82) is 0 Å². The van der Waals surface area contributed by atoms with Gasteiger partial charge in [0.1, 0.15) is 6.10 Å². The van der Waals surface area contributed by atoms with Crippen LogP contribution in [-0.4, -0.2) is 23.1 Å². The summed E-state index contributed by atoms with van der Waals surface area (Å²) in [6.45, 7) is 5.18. The molecule has 3 unspecified atom stereocenters. The number of rotatable bonds is 4. The Bertz CT molecular complexity index is 374. The van der Waals surface area contributed by atoms with Crippen LogP contribution in [0, 0.1) is 11.3 Å². The van der Waals surface area contributed by atoms with Crippen LogP contribution in [-0.2, 0) is 14.3 Å². The summed E-state index contributed by atoms with van der Waals surface area (Å²) in [5, 5.41) is 8.92. The summed E-state index contributed by atoms with van der Waals surface area (Å²) in [5.41, 5.74) is 0.274. The highest BCUT2D eigenvalue weighted by Crippen LogP contribution is 2.57. The van der Waals surface area contributed by atoms with E-state index in [1.54, 1.807) is 6.92 Å². The molecule has 2 fully saturated rings. The number of fused-ring (bicyclic) bond motifs is 2. The Labute approximate surface area is 101 Å². The zero-order chi connectivity index (χ0) is 12.6. The van der Waals surface area contributed by atoms with Crippen molar-refractivity contribution < 1.29 is 19.4 Å². The number of hydrogen-bond acceptors (Lipinski definition) is 3. The third-order valence-corrected chi connectivity index (χ3v) is 4.03. The van der Waals surface area contributed by atoms with Gasteiger partial charge in [-0.15, -0.1) is 0 Å². The van der Waals surface area contributed by atoms with Gasteiger partial charge >= 0.3 is 11.9 Å². The first-order chi connectivity index (χ1) is 7.92. The van der Waals surface area contributed by atoms with Crippen LogP contribution < -0.4 is 0 Å². The molecule has 3 atom stereocenters. The van der Waals surface area contributed by atoms with E-state index in [-0.39, 0.29) is 23.9 Å². The van der Waals surface area contributed by atoms with Gasteiger partial charge < -0.3 is 9.84 Å². The molecule has 0 heterocycles. The number of carboxylic acid groups (broad SMARTS) is 1. The molecule has 4 nitrogen and oxygen atoms in total. The molecule has 94 valence electrons. The zero-order valence-corrected chi connectivity index (χ0v) is 10.1. The average Bonchev–Trinajstić information content (AvgIpc) is 2.72. The van der Waals surface area contributed by atoms with Crippen LogP contribution in [0.4, 0.5) is 0 Å². The summed E-state index contributed by atoms with van der Waals surface area (Å²) < 4.78 is 5.38. The predicted molar refractivity (Wildman–Crippen MR) is 61.3 cm³/mol. The van der Waals surface area contributed by atoms with E-state index in [1.165, 1.54) is 0 Å². The molecule has 4 heteroatoms. The summed E-state index contributed by atoms with van der Waals surface area (Å²) in [4.78, 5) is 22.3. The Morgan fingerprint density at radius 1 is 1.47 bits per heavy atom. The van der Waals surface area contributed by atoms with E-state index < -0.39 is 5.97 Å². The molecule has 1 N–H and O–H groups in total. The second kappa shape index (κ2) is 4.17. The van der Waals surface area contributed by atoms with E-state index in [0.29, 0.717) is 17.9 Å². The van der Waals surface area contributed by atoms with Crippen LogP contribution in [0.25, 0.3) is 0 Å². The predicted octanol–water partition coefficient (Wildman–Crippen LogP) is 2.14. The summed E-state index contributed by atoms with van der Waals surface area (Å²) in [6, 6.07) is 0. The maximum Gasteiger partial charge on any atom is 0.333 e. The van der Waals surface area contributed by atoms with E-state index in [2.05, 4.69) is 6.58 Å². The van der Waals surface area contributed by atoms with Gasteiger partial charge in [0, 0.05) is 5.57 Å². The normalized spacial score (nSPS) is 34.6. The number of carbonyl (C=O) groups excluding carboxylic acids is 1. The number of carboxylic acids is 1. The molecule has 0 aliphatic heterocycles. The van der Waals surface area contributed by atoms with Gasteiger partial charge in [-0.2, -0.15) is 0 Å². The number of ether oxygens (including phenoxy) is 1. The fraction of sp³-hybridized carbons (Fsp3) is 0.692. The highest BCUT2D eigenvalue weighted by molar-refractivity contribution is 5.87. The zero-order valence-electron chi connectivity index (χ0n) is 10.1. The summed E-state index contributed by atoms with van der Waals surface area (Å²) in [6.07, 6.45) is 3.60. The van der Waals surface area contributed by atoms with Gasteiger partial charge in [-0.1, -0.05) is 6.58 Å². The Kier molecular flexibility index (Phi) is 2.98. The lowest BCUT2D eigenvalue weighted by Crippen LogP contribution is -2.28. The van der Waals surface area contributed by atoms with E-state index in [4.69, 9.17) is 9.84 Å². The van der Waals surface area contributed by atoms with Crippen LogP contribution in [0.5, 0.6) is 0 Å². The first kappa shape index (κ1) is 12.1. The molecule has 0 saturated heterocycles. The lowest BCUT2D eigenvalue weighted by molar-refractivity contribution is -0.147. The molecule has 2 rings (SSSR count). The molecular formula is C13H18O4. The third kappa shape index (κ3) is 2.35. The molecule has 2 aliphatic rings. The van der Waals surface area contributed by atoms with E-state index in [0.717, 1.165) is 19.3 Å². The molecule has 0 amide bonds. The molecular weight excluding hydrogens is 220 g/mol. The SMILES string of the molecule is C=C(C)C(=O)OC1CC2(CC(=O)O)CCC1C2. The lowest BCUT2D eigenvalue weighted by Gasteiger charge is -2.28. The van der Waals surface area contributed by atoms with Crippen molar-refractivity contribution in [2.75, 3.05) is 0 Å². The highest BCUT2D eigenvalue weighted by Gasteiger charge is 2.52. The maximum absolute atomic E-state index is 11.5. The maximum atomic E-state index is 11.5. The van der Waals surface area contributed by atoms with Crippen LogP contribution in [0.1, 0.15) is 39.0 Å². The largest absolute Gasteiger partial charge is 0.481 e. The number of hydrogen-bond donors (Lipinski definition) is 1. The molecule has 0 aromatic rings. The summed E-state index contributed by atoms with van der Waals surface area (Å²) in [5.74, 6) is -0.761. The fourth-order valence-corrected chi connectivity index (χ4v) is 3.28. The molecule has 2 aliphatic carbocycles. The first-order valence-corrected chi connectivity index (χ1v) is 6.00. The standard InChI is InChI=1S/C13H18O4/c1-8(2)12(16)17-10-6-13(7-11(14)15)4-3-9(10)5-13/h9-10H,1,3-7H2,2H3,(H,14,15). The van der Waals surface area contributed by atoms with E-state index in [9.17, 15) is 9.59 Å². The molecule has 0 spiro atoms. The third-order valence-electron chi connectivity index (χ3n) is 4.03. The lowest BCUT2D eigenvalue weighted by atomic mass is 9.80. The van der Waals surface area contributed by atoms with Gasteiger partial charge in [0.05, 0.1) is 6.42 Å². The summed E-state index contributed by atoms with van der Waals surface area (Å²) in [7, 11) is 0. The minimum Gasteiger partial charge on any atom is -0.481 e. The monoisotopic (exact) mass is 238 g/mol. The number of carbonyl (C=O) groups is 2. The number of esters is 1. The molecule has 0 radical (unpaired) electrons. The van der Waals surface area contributed by atoms with Crippen molar-refractivity contribution in [3.8, 4) is 0 Å². The van der Waals surface area contributed by atoms with Gasteiger partial charge in [-0.05, 0) is 43.9 Å². The van der Waals surface area contributed by atoms with Crippen LogP contribution in [0.15, 0.2) is 12.2 Å². The molecule has 0 aromatic heterocycles. The van der Waals surface area contributed by atoms with Gasteiger partial charge in [-0.25, -0.2) is 4.79 Å². The number of aliphatic carboxylic acids is 1. The molecule has 2 bridgehead atoms. The summed E-state index contributed by atoms with van der Waals surface area (Å²) >= 11 is 0. The van der Waals surface area contributed by atoms with Crippen molar-refractivity contribution in [3.05, 3.63) is 12.2 Å². The minimum atomic E-state index is -0.752. The van der Waals surface area contributed by atoms with Gasteiger partial charge in [0.2, 0.25) is 0 Å². The van der Waals surface area contributed by atoms with Crippen molar-refractivity contribution in [1.82, 2.24) is 0 Å². The first-order valence-electron chi connectivity index (χ1n) is 6.00. The second-order valence-corrected chi connectivity index (χ2v) is 5.50. The van der Waals surface area contributed by atoms with Crippen molar-refractivity contribution >= 4 is 11.9 Å². The smallest absolute Gasteiger partial charge is 0.333 e.